The molecule has 0 saturated heterocycles. The third-order valence-corrected chi connectivity index (χ3v) is 3.84. The van der Waals surface area contributed by atoms with Crippen molar-refractivity contribution in [1.82, 2.24) is 4.72 Å². The first-order chi connectivity index (χ1) is 7.95. The summed E-state index contributed by atoms with van der Waals surface area (Å²) < 4.78 is 43.7. The van der Waals surface area contributed by atoms with E-state index in [1.165, 1.54) is 12.1 Å². The van der Waals surface area contributed by atoms with E-state index in [1.807, 2.05) is 0 Å². The largest absolute Gasteiger partial charge is 0.385 e. The van der Waals surface area contributed by atoms with Crippen LogP contribution in [0.2, 0.25) is 0 Å². The second kappa shape index (κ2) is 6.09. The number of rotatable bonds is 6. The number of nitrogens with one attached hydrogen (secondary N) is 1. The Hall–Kier alpha value is -0.980. The number of methoxy groups -OCH3 is 1. The third-order valence-electron chi connectivity index (χ3n) is 2.24. The van der Waals surface area contributed by atoms with Crippen molar-refractivity contribution in [2.75, 3.05) is 13.7 Å². The van der Waals surface area contributed by atoms with Gasteiger partial charge in [-0.2, -0.15) is 0 Å². The SMILES string of the molecule is COCCC(C)NS(=O)(=O)c1ccc(F)cc1. The molecule has 0 fully saturated rings. The summed E-state index contributed by atoms with van der Waals surface area (Å²) >= 11 is 0. The molecule has 0 aliphatic rings. The lowest BCUT2D eigenvalue weighted by atomic mass is 10.3. The maximum absolute atomic E-state index is 12.7. The lowest BCUT2D eigenvalue weighted by Crippen LogP contribution is -2.33. The van der Waals surface area contributed by atoms with E-state index in [4.69, 9.17) is 4.74 Å². The Morgan fingerprint density at radius 3 is 2.47 bits per heavy atom. The van der Waals surface area contributed by atoms with Crippen LogP contribution in [0.5, 0.6) is 0 Å². The Morgan fingerprint density at radius 1 is 1.35 bits per heavy atom. The molecule has 0 saturated carbocycles. The fourth-order valence-electron chi connectivity index (χ4n) is 1.30. The Labute approximate surface area is 101 Å². The van der Waals surface area contributed by atoms with Gasteiger partial charge in [-0.3, -0.25) is 0 Å². The van der Waals surface area contributed by atoms with E-state index in [-0.39, 0.29) is 10.9 Å². The predicted octanol–water partition coefficient (Wildman–Crippen LogP) is 1.53. The van der Waals surface area contributed by atoms with Gasteiger partial charge in [-0.05, 0) is 37.6 Å². The lowest BCUT2D eigenvalue weighted by Gasteiger charge is -2.13. The average Bonchev–Trinajstić information content (AvgIpc) is 2.26. The van der Waals surface area contributed by atoms with Crippen LogP contribution in [0.15, 0.2) is 29.2 Å². The number of halogens is 1. The number of ether oxygens (including phenoxy) is 1. The standard InChI is InChI=1S/C11H16FNO3S/c1-9(7-8-16-2)13-17(14,15)11-5-3-10(12)4-6-11/h3-6,9,13H,7-8H2,1-2H3. The van der Waals surface area contributed by atoms with Crippen LogP contribution in [0.4, 0.5) is 4.39 Å². The molecule has 17 heavy (non-hydrogen) atoms. The molecule has 4 nitrogen and oxygen atoms in total. The molecule has 1 atom stereocenters. The Kier molecular flexibility index (Phi) is 5.04. The second-order valence-electron chi connectivity index (χ2n) is 3.76. The van der Waals surface area contributed by atoms with Crippen molar-refractivity contribution < 1.29 is 17.5 Å². The fraction of sp³-hybridized carbons (Fsp3) is 0.455. The van der Waals surface area contributed by atoms with Gasteiger partial charge in [0.05, 0.1) is 4.90 Å². The van der Waals surface area contributed by atoms with Crippen molar-refractivity contribution >= 4 is 10.0 Å². The van der Waals surface area contributed by atoms with Crippen molar-refractivity contribution in [3.05, 3.63) is 30.1 Å². The molecule has 0 bridgehead atoms. The quantitative estimate of drug-likeness (QED) is 0.845. The van der Waals surface area contributed by atoms with Gasteiger partial charge < -0.3 is 4.74 Å². The summed E-state index contributed by atoms with van der Waals surface area (Å²) in [6.45, 7) is 2.23. The summed E-state index contributed by atoms with van der Waals surface area (Å²) in [5, 5.41) is 0. The molecule has 1 unspecified atom stereocenters. The van der Waals surface area contributed by atoms with Crippen LogP contribution in [-0.2, 0) is 14.8 Å². The molecule has 0 radical (unpaired) electrons. The second-order valence-corrected chi connectivity index (χ2v) is 5.47. The minimum atomic E-state index is -3.58. The first-order valence-electron chi connectivity index (χ1n) is 5.22. The van der Waals surface area contributed by atoms with Gasteiger partial charge in [0.15, 0.2) is 0 Å². The van der Waals surface area contributed by atoms with Crippen LogP contribution >= 0.6 is 0 Å². The van der Waals surface area contributed by atoms with Crippen molar-refractivity contribution in [1.29, 1.82) is 0 Å². The monoisotopic (exact) mass is 261 g/mol. The summed E-state index contributed by atoms with van der Waals surface area (Å²) in [6.07, 6.45) is 0.580. The Bertz CT molecular complexity index is 444. The highest BCUT2D eigenvalue weighted by Crippen LogP contribution is 2.10. The lowest BCUT2D eigenvalue weighted by molar-refractivity contribution is 0.188. The maximum atomic E-state index is 12.7. The van der Waals surface area contributed by atoms with Crippen LogP contribution in [0.3, 0.4) is 0 Å². The molecular formula is C11H16FNO3S. The van der Waals surface area contributed by atoms with Gasteiger partial charge in [0.2, 0.25) is 10.0 Å². The average molecular weight is 261 g/mol. The van der Waals surface area contributed by atoms with Crippen molar-refractivity contribution in [3.8, 4) is 0 Å². The summed E-state index contributed by atoms with van der Waals surface area (Å²) in [5.74, 6) is -0.462. The van der Waals surface area contributed by atoms with Crippen molar-refractivity contribution in [3.63, 3.8) is 0 Å². The number of hydrogen-bond acceptors (Lipinski definition) is 3. The zero-order valence-electron chi connectivity index (χ0n) is 9.81. The molecule has 0 amide bonds. The van der Waals surface area contributed by atoms with Gasteiger partial charge in [0.25, 0.3) is 0 Å². The van der Waals surface area contributed by atoms with Gasteiger partial charge in [-0.1, -0.05) is 0 Å². The summed E-state index contributed by atoms with van der Waals surface area (Å²) in [5.41, 5.74) is 0. The summed E-state index contributed by atoms with van der Waals surface area (Å²) in [6, 6.07) is 4.48. The maximum Gasteiger partial charge on any atom is 0.240 e. The summed E-state index contributed by atoms with van der Waals surface area (Å²) in [4.78, 5) is 0.0585. The predicted molar refractivity (Wildman–Crippen MR) is 62.7 cm³/mol. The fourth-order valence-corrected chi connectivity index (χ4v) is 2.58. The molecule has 1 aromatic rings. The van der Waals surface area contributed by atoms with Gasteiger partial charge in [0, 0.05) is 19.8 Å². The Morgan fingerprint density at radius 2 is 1.94 bits per heavy atom. The highest BCUT2D eigenvalue weighted by molar-refractivity contribution is 7.89. The van der Waals surface area contributed by atoms with Gasteiger partial charge >= 0.3 is 0 Å². The van der Waals surface area contributed by atoms with E-state index < -0.39 is 15.8 Å². The normalized spacial score (nSPS) is 13.6. The van der Waals surface area contributed by atoms with E-state index in [0.717, 1.165) is 12.1 Å². The molecule has 6 heteroatoms. The molecule has 0 spiro atoms. The van der Waals surface area contributed by atoms with Crippen molar-refractivity contribution in [2.45, 2.75) is 24.3 Å². The zero-order chi connectivity index (χ0) is 12.9. The van der Waals surface area contributed by atoms with E-state index in [2.05, 4.69) is 4.72 Å². The minimum absolute atomic E-state index is 0.0585. The van der Waals surface area contributed by atoms with Crippen LogP contribution in [0.25, 0.3) is 0 Å². The van der Waals surface area contributed by atoms with E-state index in [1.54, 1.807) is 14.0 Å². The highest BCUT2D eigenvalue weighted by atomic mass is 32.2. The van der Waals surface area contributed by atoms with E-state index in [0.29, 0.717) is 13.0 Å². The highest BCUT2D eigenvalue weighted by Gasteiger charge is 2.16. The van der Waals surface area contributed by atoms with Crippen molar-refractivity contribution in [2.24, 2.45) is 0 Å². The van der Waals surface area contributed by atoms with Gasteiger partial charge in [0.1, 0.15) is 5.82 Å². The molecule has 1 rings (SSSR count). The van der Waals surface area contributed by atoms with E-state index >= 15 is 0 Å². The summed E-state index contributed by atoms with van der Waals surface area (Å²) in [7, 11) is -2.02. The number of benzene rings is 1. The molecule has 1 aromatic carbocycles. The first kappa shape index (κ1) is 14.1. The topological polar surface area (TPSA) is 55.4 Å². The van der Waals surface area contributed by atoms with E-state index in [9.17, 15) is 12.8 Å². The molecule has 0 aliphatic heterocycles. The molecule has 0 aliphatic carbocycles. The number of hydrogen-bond donors (Lipinski definition) is 1. The first-order valence-corrected chi connectivity index (χ1v) is 6.71. The Balaban J connectivity index is 2.71. The van der Waals surface area contributed by atoms with Crippen LogP contribution < -0.4 is 4.72 Å². The zero-order valence-corrected chi connectivity index (χ0v) is 10.6. The van der Waals surface area contributed by atoms with Gasteiger partial charge in [-0.25, -0.2) is 17.5 Å². The molecule has 0 aromatic heterocycles. The molecule has 96 valence electrons. The smallest absolute Gasteiger partial charge is 0.240 e. The van der Waals surface area contributed by atoms with Crippen LogP contribution in [0.1, 0.15) is 13.3 Å². The molecule has 0 heterocycles. The van der Waals surface area contributed by atoms with Crippen LogP contribution in [0, 0.1) is 5.82 Å². The van der Waals surface area contributed by atoms with Crippen LogP contribution in [-0.4, -0.2) is 28.2 Å². The third kappa shape index (κ3) is 4.41. The molecular weight excluding hydrogens is 245 g/mol. The van der Waals surface area contributed by atoms with Gasteiger partial charge in [-0.15, -0.1) is 0 Å². The number of sulfonamides is 1. The minimum Gasteiger partial charge on any atom is -0.385 e. The molecule has 1 N–H and O–H groups in total.